The number of rotatable bonds is 1. The fourth-order valence-electron chi connectivity index (χ4n) is 2.45. The van der Waals surface area contributed by atoms with Crippen molar-refractivity contribution in [3.05, 3.63) is 16.8 Å². The van der Waals surface area contributed by atoms with Crippen LogP contribution in [0.5, 0.6) is 0 Å². The third-order valence-corrected chi connectivity index (χ3v) is 4.61. The molecule has 0 saturated carbocycles. The van der Waals surface area contributed by atoms with Crippen molar-refractivity contribution in [3.63, 3.8) is 0 Å². The molecule has 0 atom stereocenters. The van der Waals surface area contributed by atoms with E-state index in [1.807, 2.05) is 6.92 Å². The molecule has 1 fully saturated rings. The maximum absolute atomic E-state index is 5.96. The number of piperidine rings is 1. The largest absolute Gasteiger partial charge is 0.355 e. The van der Waals surface area contributed by atoms with E-state index in [4.69, 9.17) is 5.73 Å². The standard InChI is InChI=1S/C13H18N4S/c1-8-7-18-12-11(8)15-9(2)16-13(12)17-5-3-10(14)4-6-17/h7,10H,3-6,14H2,1-2H3. The van der Waals surface area contributed by atoms with Crippen LogP contribution in [0.4, 0.5) is 5.82 Å². The quantitative estimate of drug-likeness (QED) is 0.856. The van der Waals surface area contributed by atoms with Crippen molar-refractivity contribution < 1.29 is 0 Å². The average Bonchev–Trinajstić information content (AvgIpc) is 2.71. The molecule has 1 aliphatic heterocycles. The zero-order valence-electron chi connectivity index (χ0n) is 10.8. The highest BCUT2D eigenvalue weighted by Crippen LogP contribution is 2.32. The monoisotopic (exact) mass is 262 g/mol. The van der Waals surface area contributed by atoms with Crippen LogP contribution in [0.1, 0.15) is 24.2 Å². The number of nitrogens with zero attached hydrogens (tertiary/aromatic N) is 3. The van der Waals surface area contributed by atoms with E-state index < -0.39 is 0 Å². The van der Waals surface area contributed by atoms with Gasteiger partial charge in [0, 0.05) is 19.1 Å². The summed E-state index contributed by atoms with van der Waals surface area (Å²) in [5.41, 5.74) is 8.32. The van der Waals surface area contributed by atoms with E-state index in [1.54, 1.807) is 11.3 Å². The number of hydrogen-bond acceptors (Lipinski definition) is 5. The van der Waals surface area contributed by atoms with Gasteiger partial charge in [-0.15, -0.1) is 11.3 Å². The van der Waals surface area contributed by atoms with Crippen LogP contribution in [0.15, 0.2) is 5.38 Å². The van der Waals surface area contributed by atoms with Gasteiger partial charge in [0.05, 0.1) is 10.2 Å². The van der Waals surface area contributed by atoms with Crippen LogP contribution in [0.25, 0.3) is 10.2 Å². The second-order valence-corrected chi connectivity index (χ2v) is 5.90. The maximum Gasteiger partial charge on any atom is 0.150 e. The van der Waals surface area contributed by atoms with E-state index in [-0.39, 0.29) is 0 Å². The minimum Gasteiger partial charge on any atom is -0.355 e. The Kier molecular flexibility index (Phi) is 2.95. The zero-order chi connectivity index (χ0) is 12.7. The third-order valence-electron chi connectivity index (χ3n) is 3.53. The molecule has 5 heteroatoms. The fraction of sp³-hybridized carbons (Fsp3) is 0.538. The highest BCUT2D eigenvalue weighted by Gasteiger charge is 2.21. The summed E-state index contributed by atoms with van der Waals surface area (Å²) in [5.74, 6) is 1.95. The van der Waals surface area contributed by atoms with E-state index >= 15 is 0 Å². The average molecular weight is 262 g/mol. The van der Waals surface area contributed by atoms with Gasteiger partial charge < -0.3 is 10.6 Å². The summed E-state index contributed by atoms with van der Waals surface area (Å²) in [6.45, 7) is 6.09. The first-order chi connectivity index (χ1) is 8.65. The maximum atomic E-state index is 5.96. The van der Waals surface area contributed by atoms with Crippen LogP contribution in [0.2, 0.25) is 0 Å². The predicted molar refractivity (Wildman–Crippen MR) is 76.3 cm³/mol. The summed E-state index contributed by atoms with van der Waals surface area (Å²) in [4.78, 5) is 11.6. The van der Waals surface area contributed by atoms with Crippen molar-refractivity contribution in [2.24, 2.45) is 5.73 Å². The number of anilines is 1. The smallest absolute Gasteiger partial charge is 0.150 e. The van der Waals surface area contributed by atoms with Crippen molar-refractivity contribution in [1.29, 1.82) is 0 Å². The number of thiophene rings is 1. The van der Waals surface area contributed by atoms with E-state index in [0.29, 0.717) is 6.04 Å². The molecule has 0 bridgehead atoms. The topological polar surface area (TPSA) is 55.0 Å². The Labute approximate surface area is 111 Å². The lowest BCUT2D eigenvalue weighted by Crippen LogP contribution is -2.40. The highest BCUT2D eigenvalue weighted by atomic mass is 32.1. The Bertz CT molecular complexity index is 570. The molecule has 2 N–H and O–H groups in total. The van der Waals surface area contributed by atoms with Crippen LogP contribution in [0.3, 0.4) is 0 Å². The lowest BCUT2D eigenvalue weighted by molar-refractivity contribution is 0.499. The molecule has 0 unspecified atom stereocenters. The van der Waals surface area contributed by atoms with Crippen LogP contribution in [-0.4, -0.2) is 29.1 Å². The molecule has 3 heterocycles. The Morgan fingerprint density at radius 2 is 2.00 bits per heavy atom. The van der Waals surface area contributed by atoms with E-state index in [1.165, 1.54) is 10.3 Å². The summed E-state index contributed by atoms with van der Waals surface area (Å²) in [6.07, 6.45) is 2.10. The molecule has 0 aliphatic carbocycles. The molecule has 2 aromatic heterocycles. The van der Waals surface area contributed by atoms with Gasteiger partial charge in [-0.05, 0) is 37.6 Å². The van der Waals surface area contributed by atoms with E-state index in [0.717, 1.165) is 43.1 Å². The molecule has 0 aromatic carbocycles. The predicted octanol–water partition coefficient (Wildman–Crippen LogP) is 2.24. The van der Waals surface area contributed by atoms with Gasteiger partial charge >= 0.3 is 0 Å². The lowest BCUT2D eigenvalue weighted by atomic mass is 10.1. The van der Waals surface area contributed by atoms with Crippen molar-refractivity contribution in [1.82, 2.24) is 9.97 Å². The van der Waals surface area contributed by atoms with Gasteiger partial charge in [0.25, 0.3) is 0 Å². The lowest BCUT2D eigenvalue weighted by Gasteiger charge is -2.31. The minimum atomic E-state index is 0.352. The van der Waals surface area contributed by atoms with Gasteiger partial charge in [-0.25, -0.2) is 9.97 Å². The van der Waals surface area contributed by atoms with Crippen LogP contribution < -0.4 is 10.6 Å². The van der Waals surface area contributed by atoms with Crippen LogP contribution >= 0.6 is 11.3 Å². The Balaban J connectivity index is 2.05. The van der Waals surface area contributed by atoms with Crippen LogP contribution in [0, 0.1) is 13.8 Å². The van der Waals surface area contributed by atoms with Gasteiger partial charge in [0.1, 0.15) is 11.6 Å². The molecule has 1 saturated heterocycles. The molecule has 1 aliphatic rings. The molecule has 4 nitrogen and oxygen atoms in total. The van der Waals surface area contributed by atoms with Crippen molar-refractivity contribution in [2.75, 3.05) is 18.0 Å². The second-order valence-electron chi connectivity index (χ2n) is 5.02. The Morgan fingerprint density at radius 1 is 1.28 bits per heavy atom. The molecule has 0 amide bonds. The molecule has 3 rings (SSSR count). The summed E-state index contributed by atoms with van der Waals surface area (Å²) >= 11 is 1.75. The van der Waals surface area contributed by atoms with Gasteiger partial charge in [-0.1, -0.05) is 0 Å². The van der Waals surface area contributed by atoms with E-state index in [2.05, 4.69) is 27.2 Å². The summed E-state index contributed by atoms with van der Waals surface area (Å²) in [7, 11) is 0. The van der Waals surface area contributed by atoms with Gasteiger partial charge in [0.2, 0.25) is 0 Å². The Hall–Kier alpha value is -1.20. The summed E-state index contributed by atoms with van der Waals surface area (Å²) in [6, 6.07) is 0.352. The van der Waals surface area contributed by atoms with Gasteiger partial charge in [-0.3, -0.25) is 0 Å². The van der Waals surface area contributed by atoms with E-state index in [9.17, 15) is 0 Å². The van der Waals surface area contributed by atoms with Crippen molar-refractivity contribution in [2.45, 2.75) is 32.7 Å². The van der Waals surface area contributed by atoms with Crippen molar-refractivity contribution in [3.8, 4) is 0 Å². The van der Waals surface area contributed by atoms with Crippen LogP contribution in [-0.2, 0) is 0 Å². The molecule has 96 valence electrons. The summed E-state index contributed by atoms with van der Waals surface area (Å²) < 4.78 is 1.22. The number of aryl methyl sites for hydroxylation is 2. The number of aromatic nitrogens is 2. The molecular weight excluding hydrogens is 244 g/mol. The van der Waals surface area contributed by atoms with Gasteiger partial charge in [0.15, 0.2) is 0 Å². The van der Waals surface area contributed by atoms with Crippen molar-refractivity contribution >= 4 is 27.4 Å². The zero-order valence-corrected chi connectivity index (χ0v) is 11.6. The fourth-order valence-corrected chi connectivity index (χ4v) is 3.46. The number of fused-ring (bicyclic) bond motifs is 1. The first-order valence-corrected chi connectivity index (χ1v) is 7.26. The number of nitrogens with two attached hydrogens (primary N) is 1. The summed E-state index contributed by atoms with van der Waals surface area (Å²) in [5, 5.41) is 2.16. The highest BCUT2D eigenvalue weighted by molar-refractivity contribution is 7.18. The SMILES string of the molecule is Cc1nc(N2CCC(N)CC2)c2scc(C)c2n1. The normalized spacial score (nSPS) is 17.6. The minimum absolute atomic E-state index is 0.352. The molecule has 18 heavy (non-hydrogen) atoms. The van der Waals surface area contributed by atoms with Gasteiger partial charge in [-0.2, -0.15) is 0 Å². The molecule has 0 spiro atoms. The number of hydrogen-bond donors (Lipinski definition) is 1. The second kappa shape index (κ2) is 4.48. The molecule has 2 aromatic rings. The molecule has 0 radical (unpaired) electrons. The third kappa shape index (κ3) is 1.97. The first kappa shape index (κ1) is 11.9. The first-order valence-electron chi connectivity index (χ1n) is 6.38. The molecular formula is C13H18N4S. The Morgan fingerprint density at radius 3 is 2.72 bits per heavy atom.